The number of hydrogen-bond acceptors (Lipinski definition) is 5. The molecule has 0 spiro atoms. The Bertz CT molecular complexity index is 1200. The van der Waals surface area contributed by atoms with Gasteiger partial charge in [-0.1, -0.05) is 58.5 Å². The molecule has 0 aliphatic carbocycles. The Balaban J connectivity index is 1.70. The summed E-state index contributed by atoms with van der Waals surface area (Å²) >= 11 is 0. The minimum absolute atomic E-state index is 0.158. The van der Waals surface area contributed by atoms with E-state index in [0.717, 1.165) is 11.1 Å². The monoisotopic (exact) mass is 421 g/mol. The summed E-state index contributed by atoms with van der Waals surface area (Å²) in [5, 5.41) is 14.9. The SMILES string of the molecule is Cc1ccc(OP(=O)(N=Nc2c(O)[nH]c3ccccc23)Oc2ccc(C)cc2)cc1. The minimum Gasteiger partial charge on any atom is -0.493 e. The summed E-state index contributed by atoms with van der Waals surface area (Å²) < 4.78 is 24.7. The Labute approximate surface area is 173 Å². The third-order valence-corrected chi connectivity index (χ3v) is 5.59. The van der Waals surface area contributed by atoms with Gasteiger partial charge in [0.1, 0.15) is 11.5 Å². The summed E-state index contributed by atoms with van der Waals surface area (Å²) in [6.45, 7) is 3.87. The molecule has 0 aliphatic rings. The molecular formula is C22H20N3O4P. The summed E-state index contributed by atoms with van der Waals surface area (Å²) in [6, 6.07) is 21.2. The maximum Gasteiger partial charge on any atom is 0.582 e. The summed E-state index contributed by atoms with van der Waals surface area (Å²) in [4.78, 5) is 6.71. The highest BCUT2D eigenvalue weighted by Gasteiger charge is 2.29. The van der Waals surface area contributed by atoms with Gasteiger partial charge in [0.25, 0.3) is 0 Å². The van der Waals surface area contributed by atoms with Crippen molar-refractivity contribution in [3.05, 3.63) is 83.9 Å². The van der Waals surface area contributed by atoms with E-state index in [4.69, 9.17) is 9.05 Å². The molecule has 3 aromatic carbocycles. The summed E-state index contributed by atoms with van der Waals surface area (Å²) in [6.07, 6.45) is 0. The number of aromatic hydroxyl groups is 1. The van der Waals surface area contributed by atoms with Gasteiger partial charge >= 0.3 is 7.75 Å². The lowest BCUT2D eigenvalue weighted by Crippen LogP contribution is -1.98. The summed E-state index contributed by atoms with van der Waals surface area (Å²) in [5.74, 6) is 0.480. The molecule has 0 aliphatic heterocycles. The Morgan fingerprint density at radius 1 is 0.833 bits per heavy atom. The zero-order chi connectivity index (χ0) is 21.1. The first-order valence-corrected chi connectivity index (χ1v) is 10.8. The smallest absolute Gasteiger partial charge is 0.493 e. The van der Waals surface area contributed by atoms with Crippen molar-refractivity contribution in [1.29, 1.82) is 0 Å². The topological polar surface area (TPSA) is 96.3 Å². The molecule has 0 bridgehead atoms. The number of benzene rings is 3. The average molecular weight is 421 g/mol. The van der Waals surface area contributed by atoms with E-state index >= 15 is 0 Å². The number of nitrogens with zero attached hydrogens (tertiary/aromatic N) is 2. The second-order valence-corrected chi connectivity index (χ2v) is 8.32. The lowest BCUT2D eigenvalue weighted by atomic mass is 10.2. The van der Waals surface area contributed by atoms with Crippen molar-refractivity contribution in [2.24, 2.45) is 10.00 Å². The molecule has 30 heavy (non-hydrogen) atoms. The van der Waals surface area contributed by atoms with Crippen LogP contribution < -0.4 is 9.05 Å². The normalized spacial score (nSPS) is 11.8. The largest absolute Gasteiger partial charge is 0.582 e. The first-order chi connectivity index (χ1) is 14.4. The molecule has 4 rings (SSSR count). The Kier molecular flexibility index (Phi) is 5.29. The molecule has 7 nitrogen and oxygen atoms in total. The molecule has 0 unspecified atom stereocenters. The van der Waals surface area contributed by atoms with Gasteiger partial charge in [-0.3, -0.25) is 0 Å². The predicted octanol–water partition coefficient (Wildman–Crippen LogP) is 6.84. The fourth-order valence-electron chi connectivity index (χ4n) is 2.83. The molecule has 0 fully saturated rings. The lowest BCUT2D eigenvalue weighted by molar-refractivity contribution is 0.385. The number of aromatic amines is 1. The van der Waals surface area contributed by atoms with Gasteiger partial charge in [-0.05, 0) is 44.2 Å². The van der Waals surface area contributed by atoms with Crippen molar-refractivity contribution < 1.29 is 18.7 Å². The van der Waals surface area contributed by atoms with E-state index in [2.05, 4.69) is 15.0 Å². The molecule has 0 amide bonds. The quantitative estimate of drug-likeness (QED) is 0.263. The van der Waals surface area contributed by atoms with Gasteiger partial charge in [0.2, 0.25) is 5.88 Å². The number of rotatable bonds is 6. The van der Waals surface area contributed by atoms with Crippen molar-refractivity contribution in [2.45, 2.75) is 13.8 Å². The molecule has 1 heterocycles. The van der Waals surface area contributed by atoms with Crippen LogP contribution in [-0.4, -0.2) is 10.1 Å². The maximum atomic E-state index is 13.5. The molecule has 4 aromatic rings. The minimum atomic E-state index is -4.10. The molecule has 8 heteroatoms. The van der Waals surface area contributed by atoms with Crippen LogP contribution in [0.1, 0.15) is 11.1 Å². The summed E-state index contributed by atoms with van der Waals surface area (Å²) in [5.41, 5.74) is 2.90. The van der Waals surface area contributed by atoms with Crippen LogP contribution in [0.3, 0.4) is 0 Å². The second kappa shape index (κ2) is 8.05. The molecule has 0 atom stereocenters. The number of fused-ring (bicyclic) bond motifs is 1. The fourth-order valence-corrected chi connectivity index (χ4v) is 3.92. The standard InChI is InChI=1S/C22H20N3O4P/c1-15-7-11-17(12-8-15)28-30(27,29-18-13-9-16(2)10-14-18)25-24-21-19-5-3-4-6-20(19)23-22(21)26/h3-14,23,26H,1-2H3. The lowest BCUT2D eigenvalue weighted by Gasteiger charge is -2.15. The van der Waals surface area contributed by atoms with Crippen LogP contribution in [0.5, 0.6) is 17.4 Å². The predicted molar refractivity (Wildman–Crippen MR) is 116 cm³/mol. The zero-order valence-electron chi connectivity index (χ0n) is 16.4. The molecular weight excluding hydrogens is 401 g/mol. The van der Waals surface area contributed by atoms with Crippen molar-refractivity contribution in [2.75, 3.05) is 0 Å². The van der Waals surface area contributed by atoms with Gasteiger partial charge < -0.3 is 19.1 Å². The van der Waals surface area contributed by atoms with Crippen LogP contribution in [0, 0.1) is 13.8 Å². The van der Waals surface area contributed by atoms with Crippen LogP contribution in [0.25, 0.3) is 10.9 Å². The molecule has 152 valence electrons. The highest BCUT2D eigenvalue weighted by atomic mass is 31.2. The van der Waals surface area contributed by atoms with Gasteiger partial charge in [0.05, 0.1) is 5.52 Å². The van der Waals surface area contributed by atoms with E-state index < -0.39 is 7.75 Å². The van der Waals surface area contributed by atoms with E-state index in [1.165, 1.54) is 0 Å². The highest BCUT2D eigenvalue weighted by molar-refractivity contribution is 7.53. The van der Waals surface area contributed by atoms with E-state index in [1.54, 1.807) is 42.5 Å². The van der Waals surface area contributed by atoms with E-state index in [1.807, 2.05) is 44.2 Å². The van der Waals surface area contributed by atoms with E-state index in [0.29, 0.717) is 22.4 Å². The molecule has 0 radical (unpaired) electrons. The Morgan fingerprint density at radius 2 is 1.37 bits per heavy atom. The average Bonchev–Trinajstić information content (AvgIpc) is 3.05. The van der Waals surface area contributed by atoms with Crippen LogP contribution in [0.2, 0.25) is 0 Å². The third kappa shape index (κ3) is 4.36. The second-order valence-electron chi connectivity index (χ2n) is 6.83. The zero-order valence-corrected chi connectivity index (χ0v) is 17.3. The number of nitrogens with one attached hydrogen (secondary N) is 1. The number of aryl methyl sites for hydroxylation is 2. The first kappa shape index (κ1) is 19.7. The Hall–Kier alpha value is -3.57. The van der Waals surface area contributed by atoms with Crippen LogP contribution >= 0.6 is 7.75 Å². The van der Waals surface area contributed by atoms with Crippen molar-refractivity contribution in [3.8, 4) is 17.4 Å². The van der Waals surface area contributed by atoms with Gasteiger partial charge in [-0.25, -0.2) is 4.57 Å². The van der Waals surface area contributed by atoms with Crippen molar-refractivity contribution in [3.63, 3.8) is 0 Å². The number of para-hydroxylation sites is 1. The van der Waals surface area contributed by atoms with E-state index in [-0.39, 0.29) is 11.6 Å². The number of aromatic nitrogens is 1. The molecule has 0 saturated heterocycles. The van der Waals surface area contributed by atoms with Crippen LogP contribution in [-0.2, 0) is 4.57 Å². The van der Waals surface area contributed by atoms with Gasteiger partial charge in [0.15, 0.2) is 5.69 Å². The van der Waals surface area contributed by atoms with Crippen LogP contribution in [0.15, 0.2) is 82.8 Å². The Morgan fingerprint density at radius 3 is 1.93 bits per heavy atom. The fraction of sp³-hybridized carbons (Fsp3) is 0.0909. The van der Waals surface area contributed by atoms with Crippen molar-refractivity contribution in [1.82, 2.24) is 4.98 Å². The molecule has 2 N–H and O–H groups in total. The van der Waals surface area contributed by atoms with Crippen LogP contribution in [0.4, 0.5) is 5.69 Å². The number of H-pyrrole nitrogens is 1. The van der Waals surface area contributed by atoms with Gasteiger partial charge in [-0.2, -0.15) is 0 Å². The van der Waals surface area contributed by atoms with Crippen molar-refractivity contribution >= 4 is 24.3 Å². The van der Waals surface area contributed by atoms with E-state index in [9.17, 15) is 9.67 Å². The maximum absolute atomic E-state index is 13.5. The molecule has 1 aromatic heterocycles. The third-order valence-electron chi connectivity index (χ3n) is 4.40. The molecule has 0 saturated carbocycles. The van der Waals surface area contributed by atoms with Gasteiger partial charge in [0, 0.05) is 5.39 Å². The number of hydrogen-bond donors (Lipinski definition) is 2. The first-order valence-electron chi connectivity index (χ1n) is 9.27. The highest BCUT2D eigenvalue weighted by Crippen LogP contribution is 2.52. The summed E-state index contributed by atoms with van der Waals surface area (Å²) in [7, 11) is -4.10. The van der Waals surface area contributed by atoms with Gasteiger partial charge in [-0.15, -0.1) is 5.11 Å².